The van der Waals surface area contributed by atoms with Gasteiger partial charge in [-0.15, -0.1) is 0 Å². The van der Waals surface area contributed by atoms with Gasteiger partial charge in [0, 0.05) is 37.7 Å². The second-order valence-corrected chi connectivity index (χ2v) is 8.57. The standard InChI is InChI=1S/C20H22N4O5S/c25-20(21-18-8-4-5-9-19(18)24(26)27)16-22-11-13-23(14-12-22)30(28,29)15-10-17-6-2-1-3-7-17/h1-10,15H,11-14,16H2,(H,21,25)/b15-10+. The molecule has 0 spiro atoms. The SMILES string of the molecule is O=C(CN1CCN(S(=O)(=O)/C=C/c2ccccc2)CC1)Nc1ccccc1[N+](=O)[O-]. The summed E-state index contributed by atoms with van der Waals surface area (Å²) in [6.07, 6.45) is 1.56. The van der Waals surface area contributed by atoms with E-state index in [1.54, 1.807) is 12.1 Å². The summed E-state index contributed by atoms with van der Waals surface area (Å²) in [4.78, 5) is 24.6. The number of nitrogens with zero attached hydrogens (tertiary/aromatic N) is 3. The van der Waals surface area contributed by atoms with Gasteiger partial charge in [-0.1, -0.05) is 42.5 Å². The first-order chi connectivity index (χ1) is 14.3. The van der Waals surface area contributed by atoms with Crippen LogP contribution < -0.4 is 5.32 Å². The van der Waals surface area contributed by atoms with Crippen molar-refractivity contribution in [1.29, 1.82) is 0 Å². The maximum atomic E-state index is 12.5. The van der Waals surface area contributed by atoms with Crippen LogP contribution in [0.2, 0.25) is 0 Å². The lowest BCUT2D eigenvalue weighted by Gasteiger charge is -2.32. The smallest absolute Gasteiger partial charge is 0.292 e. The minimum atomic E-state index is -3.55. The van der Waals surface area contributed by atoms with Crippen molar-refractivity contribution in [3.05, 3.63) is 75.7 Å². The first-order valence-electron chi connectivity index (χ1n) is 9.34. The van der Waals surface area contributed by atoms with Crippen LogP contribution in [-0.4, -0.2) is 61.2 Å². The Bertz CT molecular complexity index is 1030. The number of benzene rings is 2. The molecule has 2 aromatic carbocycles. The van der Waals surface area contributed by atoms with E-state index in [2.05, 4.69) is 5.32 Å². The average molecular weight is 430 g/mol. The predicted molar refractivity (Wildman–Crippen MR) is 114 cm³/mol. The van der Waals surface area contributed by atoms with Crippen LogP contribution in [-0.2, 0) is 14.8 Å². The van der Waals surface area contributed by atoms with Crippen LogP contribution in [0.5, 0.6) is 0 Å². The lowest BCUT2D eigenvalue weighted by molar-refractivity contribution is -0.383. The number of amides is 1. The molecule has 158 valence electrons. The molecule has 2 aromatic rings. The molecule has 1 fully saturated rings. The summed E-state index contributed by atoms with van der Waals surface area (Å²) in [5.74, 6) is -0.385. The highest BCUT2D eigenvalue weighted by Crippen LogP contribution is 2.23. The monoisotopic (exact) mass is 430 g/mol. The minimum Gasteiger partial charge on any atom is -0.319 e. The Balaban J connectivity index is 1.52. The molecule has 1 N–H and O–H groups in total. The van der Waals surface area contributed by atoms with Crippen molar-refractivity contribution in [3.63, 3.8) is 0 Å². The largest absolute Gasteiger partial charge is 0.319 e. The Labute approximate surface area is 174 Å². The topological polar surface area (TPSA) is 113 Å². The van der Waals surface area contributed by atoms with Gasteiger partial charge in [-0.2, -0.15) is 4.31 Å². The predicted octanol–water partition coefficient (Wildman–Crippen LogP) is 2.15. The van der Waals surface area contributed by atoms with E-state index in [1.807, 2.05) is 35.2 Å². The van der Waals surface area contributed by atoms with E-state index in [-0.39, 0.29) is 36.9 Å². The summed E-state index contributed by atoms with van der Waals surface area (Å²) in [6, 6.07) is 15.1. The van der Waals surface area contributed by atoms with E-state index >= 15 is 0 Å². The van der Waals surface area contributed by atoms with Crippen molar-refractivity contribution in [3.8, 4) is 0 Å². The van der Waals surface area contributed by atoms with Crippen molar-refractivity contribution in [2.45, 2.75) is 0 Å². The number of hydrogen-bond donors (Lipinski definition) is 1. The fourth-order valence-electron chi connectivity index (χ4n) is 3.09. The van der Waals surface area contributed by atoms with E-state index in [0.29, 0.717) is 13.1 Å². The van der Waals surface area contributed by atoms with Crippen molar-refractivity contribution >= 4 is 33.4 Å². The van der Waals surface area contributed by atoms with Crippen molar-refractivity contribution in [2.75, 3.05) is 38.0 Å². The van der Waals surface area contributed by atoms with Crippen LogP contribution in [0, 0.1) is 10.1 Å². The van der Waals surface area contributed by atoms with Crippen LogP contribution in [0.4, 0.5) is 11.4 Å². The molecule has 0 atom stereocenters. The molecular weight excluding hydrogens is 408 g/mol. The molecule has 10 heteroatoms. The number of sulfonamides is 1. The number of nitrogens with one attached hydrogen (secondary N) is 1. The molecule has 1 aliphatic heterocycles. The van der Waals surface area contributed by atoms with E-state index in [1.165, 1.54) is 27.9 Å². The number of nitro groups is 1. The zero-order valence-corrected chi connectivity index (χ0v) is 17.0. The highest BCUT2D eigenvalue weighted by molar-refractivity contribution is 7.92. The highest BCUT2D eigenvalue weighted by atomic mass is 32.2. The lowest BCUT2D eigenvalue weighted by atomic mass is 10.2. The number of carbonyl (C=O) groups is 1. The Kier molecular flexibility index (Phi) is 6.93. The summed E-state index contributed by atoms with van der Waals surface area (Å²) in [6.45, 7) is 1.34. The molecule has 0 unspecified atom stereocenters. The molecule has 0 saturated carbocycles. The zero-order valence-electron chi connectivity index (χ0n) is 16.2. The van der Waals surface area contributed by atoms with Gasteiger partial charge < -0.3 is 5.32 Å². The van der Waals surface area contributed by atoms with Gasteiger partial charge in [-0.3, -0.25) is 19.8 Å². The van der Waals surface area contributed by atoms with E-state index in [9.17, 15) is 23.3 Å². The van der Waals surface area contributed by atoms with Crippen molar-refractivity contribution in [2.24, 2.45) is 0 Å². The molecule has 30 heavy (non-hydrogen) atoms. The molecule has 0 radical (unpaired) electrons. The van der Waals surface area contributed by atoms with Gasteiger partial charge in [0.25, 0.3) is 5.69 Å². The first kappa shape index (κ1) is 21.6. The maximum Gasteiger partial charge on any atom is 0.292 e. The number of carbonyl (C=O) groups excluding carboxylic acids is 1. The summed E-state index contributed by atoms with van der Waals surface area (Å²) in [5.41, 5.74) is 0.762. The summed E-state index contributed by atoms with van der Waals surface area (Å²) in [5, 5.41) is 14.8. The number of rotatable bonds is 7. The van der Waals surface area contributed by atoms with Gasteiger partial charge in [0.1, 0.15) is 5.69 Å². The van der Waals surface area contributed by atoms with Crippen LogP contribution in [0.3, 0.4) is 0 Å². The molecule has 3 rings (SSSR count). The molecule has 1 aliphatic rings. The van der Waals surface area contributed by atoms with Crippen molar-refractivity contribution < 1.29 is 18.1 Å². The first-order valence-corrected chi connectivity index (χ1v) is 10.8. The van der Waals surface area contributed by atoms with Gasteiger partial charge >= 0.3 is 0 Å². The van der Waals surface area contributed by atoms with Gasteiger partial charge in [0.05, 0.1) is 11.5 Å². The third-order valence-corrected chi connectivity index (χ3v) is 6.23. The summed E-state index contributed by atoms with van der Waals surface area (Å²) >= 11 is 0. The Morgan fingerprint density at radius 3 is 2.33 bits per heavy atom. The number of nitro benzene ring substituents is 1. The Morgan fingerprint density at radius 2 is 1.67 bits per heavy atom. The fraction of sp³-hybridized carbons (Fsp3) is 0.250. The van der Waals surface area contributed by atoms with Crippen LogP contribution >= 0.6 is 0 Å². The van der Waals surface area contributed by atoms with Crippen LogP contribution in [0.1, 0.15) is 5.56 Å². The average Bonchev–Trinajstić information content (AvgIpc) is 2.74. The lowest BCUT2D eigenvalue weighted by Crippen LogP contribution is -2.49. The van der Waals surface area contributed by atoms with Gasteiger partial charge in [0.15, 0.2) is 0 Å². The molecule has 9 nitrogen and oxygen atoms in total. The van der Waals surface area contributed by atoms with Crippen molar-refractivity contribution in [1.82, 2.24) is 9.21 Å². The fourth-order valence-corrected chi connectivity index (χ4v) is 4.26. The van der Waals surface area contributed by atoms with E-state index in [4.69, 9.17) is 0 Å². The second-order valence-electron chi connectivity index (χ2n) is 6.76. The van der Waals surface area contributed by atoms with Gasteiger partial charge in [-0.05, 0) is 17.7 Å². The normalized spacial score (nSPS) is 15.9. The molecule has 1 saturated heterocycles. The molecule has 0 bridgehead atoms. The molecule has 0 aliphatic carbocycles. The number of piperazine rings is 1. The zero-order chi connectivity index (χ0) is 21.6. The van der Waals surface area contributed by atoms with Crippen LogP contribution in [0.25, 0.3) is 6.08 Å². The third kappa shape index (κ3) is 5.72. The number of anilines is 1. The van der Waals surface area contributed by atoms with E-state index in [0.717, 1.165) is 5.56 Å². The molecule has 0 aromatic heterocycles. The molecule has 1 amide bonds. The van der Waals surface area contributed by atoms with Crippen LogP contribution in [0.15, 0.2) is 60.0 Å². The van der Waals surface area contributed by atoms with Gasteiger partial charge in [-0.25, -0.2) is 8.42 Å². The molecular formula is C20H22N4O5S. The quantitative estimate of drug-likeness (QED) is 0.532. The number of para-hydroxylation sites is 2. The highest BCUT2D eigenvalue weighted by Gasteiger charge is 2.26. The Morgan fingerprint density at radius 1 is 1.03 bits per heavy atom. The minimum absolute atomic E-state index is 0.0276. The number of hydrogen-bond acceptors (Lipinski definition) is 6. The second kappa shape index (κ2) is 9.61. The van der Waals surface area contributed by atoms with E-state index < -0.39 is 14.9 Å². The van der Waals surface area contributed by atoms with Gasteiger partial charge in [0.2, 0.25) is 15.9 Å². The summed E-state index contributed by atoms with van der Waals surface area (Å²) < 4.78 is 26.4. The summed E-state index contributed by atoms with van der Waals surface area (Å²) in [7, 11) is -3.55. The third-order valence-electron chi connectivity index (χ3n) is 4.67. The Hall–Kier alpha value is -3.08. The molecule has 1 heterocycles. The maximum absolute atomic E-state index is 12.5.